The molecule has 164 valence electrons. The lowest BCUT2D eigenvalue weighted by Crippen LogP contribution is -2.22. The number of benzene rings is 3. The lowest BCUT2D eigenvalue weighted by Gasteiger charge is -2.14. The number of rotatable bonds is 7. The summed E-state index contributed by atoms with van der Waals surface area (Å²) in [4.78, 5) is 12.4. The molecule has 0 aliphatic heterocycles. The number of ether oxygens (including phenoxy) is 1. The number of allylic oxidation sites excluding steroid dienone is 1. The minimum absolute atomic E-state index is 0.0859. The monoisotopic (exact) mass is 427 g/mol. The molecule has 1 N–H and O–H groups in total. The van der Waals surface area contributed by atoms with Crippen LogP contribution in [0.15, 0.2) is 65.3 Å². The average molecular weight is 428 g/mol. The Labute approximate surface area is 188 Å². The van der Waals surface area contributed by atoms with Crippen LogP contribution in [0.5, 0.6) is 5.75 Å². The number of furan rings is 1. The number of amides is 1. The van der Waals surface area contributed by atoms with E-state index >= 15 is 0 Å². The lowest BCUT2D eigenvalue weighted by atomic mass is 9.94. The van der Waals surface area contributed by atoms with Crippen molar-refractivity contribution >= 4 is 33.2 Å². The first-order valence-corrected chi connectivity index (χ1v) is 11.1. The largest absolute Gasteiger partial charge is 0.496 e. The van der Waals surface area contributed by atoms with Gasteiger partial charge in [-0.15, -0.1) is 0 Å². The summed E-state index contributed by atoms with van der Waals surface area (Å²) in [5.74, 6) is 0.642. The van der Waals surface area contributed by atoms with E-state index in [2.05, 4.69) is 54.7 Å². The van der Waals surface area contributed by atoms with E-state index in [-0.39, 0.29) is 5.91 Å². The fourth-order valence-electron chi connectivity index (χ4n) is 4.25. The summed E-state index contributed by atoms with van der Waals surface area (Å²) in [6, 6.07) is 16.7. The molecule has 0 aliphatic carbocycles. The molecule has 0 atom stereocenters. The highest BCUT2D eigenvalue weighted by Crippen LogP contribution is 2.42. The Balaban J connectivity index is 1.86. The molecule has 1 heterocycles. The van der Waals surface area contributed by atoms with Gasteiger partial charge in [0.2, 0.25) is 5.91 Å². The summed E-state index contributed by atoms with van der Waals surface area (Å²) in [6.07, 6.45) is 5.48. The summed E-state index contributed by atoms with van der Waals surface area (Å²) in [5, 5.41) is 6.32. The molecule has 4 heteroatoms. The second kappa shape index (κ2) is 9.31. The van der Waals surface area contributed by atoms with Gasteiger partial charge in [0.1, 0.15) is 11.3 Å². The van der Waals surface area contributed by atoms with E-state index in [0.29, 0.717) is 6.54 Å². The van der Waals surface area contributed by atoms with E-state index in [1.807, 2.05) is 26.2 Å². The van der Waals surface area contributed by atoms with Crippen LogP contribution in [-0.4, -0.2) is 19.6 Å². The predicted molar refractivity (Wildman–Crippen MR) is 132 cm³/mol. The maximum atomic E-state index is 12.4. The Morgan fingerprint density at radius 1 is 1.09 bits per heavy atom. The quantitative estimate of drug-likeness (QED) is 0.258. The molecule has 0 bridgehead atoms. The van der Waals surface area contributed by atoms with E-state index in [4.69, 9.17) is 9.15 Å². The Morgan fingerprint density at radius 3 is 2.66 bits per heavy atom. The van der Waals surface area contributed by atoms with E-state index in [0.717, 1.165) is 57.4 Å². The van der Waals surface area contributed by atoms with Gasteiger partial charge in [-0.3, -0.25) is 4.79 Å². The second-order valence-electron chi connectivity index (χ2n) is 8.11. The first-order chi connectivity index (χ1) is 15.5. The van der Waals surface area contributed by atoms with Crippen molar-refractivity contribution in [1.29, 1.82) is 0 Å². The summed E-state index contributed by atoms with van der Waals surface area (Å²) in [7, 11) is 1.65. The van der Waals surface area contributed by atoms with Gasteiger partial charge in [0.25, 0.3) is 0 Å². The standard InChI is InChI=1S/C28H29NO3/c1-5-6-14-29-26(30)15-18(2)23-16-24-25(17-32-28(24)19(3)27(23)31-4)22-13-9-11-20-10-7-8-12-21(20)22/h7-13,15-17H,5-6,14H2,1-4H3,(H,29,30)/b18-15+. The third-order valence-electron chi connectivity index (χ3n) is 5.93. The van der Waals surface area contributed by atoms with Crippen molar-refractivity contribution in [2.24, 2.45) is 0 Å². The SMILES string of the molecule is CCCCNC(=O)/C=C(\C)c1cc2c(-c3cccc4ccccc34)coc2c(C)c1OC. The molecular formula is C28H29NO3. The number of carbonyl (C=O) groups is 1. The van der Waals surface area contributed by atoms with Crippen LogP contribution in [0.25, 0.3) is 38.4 Å². The maximum absolute atomic E-state index is 12.4. The van der Waals surface area contributed by atoms with Gasteiger partial charge >= 0.3 is 0 Å². The molecule has 1 aromatic heterocycles. The highest BCUT2D eigenvalue weighted by molar-refractivity contribution is 6.07. The van der Waals surface area contributed by atoms with Crippen LogP contribution in [0.4, 0.5) is 0 Å². The molecule has 4 aromatic rings. The van der Waals surface area contributed by atoms with Crippen molar-refractivity contribution in [2.45, 2.75) is 33.6 Å². The van der Waals surface area contributed by atoms with E-state index < -0.39 is 0 Å². The zero-order chi connectivity index (χ0) is 22.7. The molecule has 32 heavy (non-hydrogen) atoms. The lowest BCUT2D eigenvalue weighted by molar-refractivity contribution is -0.116. The van der Waals surface area contributed by atoms with Gasteiger partial charge in [-0.2, -0.15) is 0 Å². The molecular weight excluding hydrogens is 398 g/mol. The summed E-state index contributed by atoms with van der Waals surface area (Å²) in [6.45, 7) is 6.73. The number of hydrogen-bond donors (Lipinski definition) is 1. The number of hydrogen-bond acceptors (Lipinski definition) is 3. The van der Waals surface area contributed by atoms with Crippen LogP contribution in [0.1, 0.15) is 37.8 Å². The van der Waals surface area contributed by atoms with Crippen LogP contribution in [0.2, 0.25) is 0 Å². The predicted octanol–water partition coefficient (Wildman–Crippen LogP) is 6.89. The number of fused-ring (bicyclic) bond motifs is 2. The molecule has 0 fully saturated rings. The minimum Gasteiger partial charge on any atom is -0.496 e. The molecule has 0 saturated heterocycles. The van der Waals surface area contributed by atoms with Crippen LogP contribution in [0.3, 0.4) is 0 Å². The van der Waals surface area contributed by atoms with Crippen molar-refractivity contribution in [3.63, 3.8) is 0 Å². The normalized spacial score (nSPS) is 11.8. The van der Waals surface area contributed by atoms with Gasteiger partial charge in [-0.05, 0) is 48.2 Å². The van der Waals surface area contributed by atoms with Crippen molar-refractivity contribution in [1.82, 2.24) is 5.32 Å². The Bertz CT molecular complexity index is 1310. The molecule has 0 spiro atoms. The zero-order valence-electron chi connectivity index (χ0n) is 19.1. The van der Waals surface area contributed by atoms with Crippen molar-refractivity contribution in [2.75, 3.05) is 13.7 Å². The third kappa shape index (κ3) is 4.01. The molecule has 1 amide bonds. The van der Waals surface area contributed by atoms with Crippen LogP contribution < -0.4 is 10.1 Å². The fraction of sp³-hybridized carbons (Fsp3) is 0.250. The van der Waals surface area contributed by atoms with Gasteiger partial charge in [-0.25, -0.2) is 0 Å². The van der Waals surface area contributed by atoms with Crippen LogP contribution in [-0.2, 0) is 4.79 Å². The van der Waals surface area contributed by atoms with Crippen molar-refractivity contribution in [3.8, 4) is 16.9 Å². The number of unbranched alkanes of at least 4 members (excludes halogenated alkanes) is 1. The topological polar surface area (TPSA) is 51.5 Å². The second-order valence-corrected chi connectivity index (χ2v) is 8.11. The van der Waals surface area contributed by atoms with Crippen molar-refractivity contribution in [3.05, 3.63) is 72.0 Å². The molecule has 0 saturated carbocycles. The van der Waals surface area contributed by atoms with Gasteiger partial charge in [0.15, 0.2) is 0 Å². The minimum atomic E-state index is -0.0859. The van der Waals surface area contributed by atoms with Crippen LogP contribution >= 0.6 is 0 Å². The molecule has 4 nitrogen and oxygen atoms in total. The van der Waals surface area contributed by atoms with Gasteiger partial charge in [0.05, 0.1) is 13.4 Å². The first-order valence-electron chi connectivity index (χ1n) is 11.1. The number of carbonyl (C=O) groups excluding carboxylic acids is 1. The first kappa shape index (κ1) is 21.7. The van der Waals surface area contributed by atoms with Crippen molar-refractivity contribution < 1.29 is 13.9 Å². The summed E-state index contributed by atoms with van der Waals surface area (Å²) in [5.41, 5.74) is 5.62. The Morgan fingerprint density at radius 2 is 1.88 bits per heavy atom. The number of nitrogens with one attached hydrogen (secondary N) is 1. The number of methoxy groups -OCH3 is 1. The molecule has 3 aromatic carbocycles. The van der Waals surface area contributed by atoms with Gasteiger partial charge in [-0.1, -0.05) is 55.8 Å². The summed E-state index contributed by atoms with van der Waals surface area (Å²) >= 11 is 0. The highest BCUT2D eigenvalue weighted by Gasteiger charge is 2.19. The zero-order valence-corrected chi connectivity index (χ0v) is 19.1. The van der Waals surface area contributed by atoms with Gasteiger partial charge in [0, 0.05) is 34.7 Å². The van der Waals surface area contributed by atoms with E-state index in [1.54, 1.807) is 13.2 Å². The fourth-order valence-corrected chi connectivity index (χ4v) is 4.25. The molecule has 0 unspecified atom stereocenters. The van der Waals surface area contributed by atoms with E-state index in [9.17, 15) is 4.79 Å². The molecule has 4 rings (SSSR count). The third-order valence-corrected chi connectivity index (χ3v) is 5.93. The van der Waals surface area contributed by atoms with E-state index in [1.165, 1.54) is 10.8 Å². The Kier molecular flexibility index (Phi) is 6.31. The summed E-state index contributed by atoms with van der Waals surface area (Å²) < 4.78 is 11.8. The smallest absolute Gasteiger partial charge is 0.244 e. The Hall–Kier alpha value is -3.53. The average Bonchev–Trinajstić information content (AvgIpc) is 3.23. The molecule has 0 aliphatic rings. The highest BCUT2D eigenvalue weighted by atomic mass is 16.5. The number of aryl methyl sites for hydroxylation is 1. The maximum Gasteiger partial charge on any atom is 0.244 e. The van der Waals surface area contributed by atoms with Crippen LogP contribution in [0, 0.1) is 6.92 Å². The van der Waals surface area contributed by atoms with Gasteiger partial charge < -0.3 is 14.5 Å². The molecule has 0 radical (unpaired) electrons.